The van der Waals surface area contributed by atoms with Crippen LogP contribution in [0.4, 0.5) is 11.4 Å². The average Bonchev–Trinajstić information content (AvgIpc) is 2.36. The van der Waals surface area contributed by atoms with Crippen LogP contribution >= 0.6 is 11.8 Å². The fraction of sp³-hybridized carbons (Fsp3) is 0.500. The summed E-state index contributed by atoms with van der Waals surface area (Å²) >= 11 is 1.56. The van der Waals surface area contributed by atoms with Crippen molar-refractivity contribution in [1.82, 2.24) is 0 Å². The maximum atomic E-state index is 11.8. The van der Waals surface area contributed by atoms with E-state index < -0.39 is 9.84 Å². The zero-order chi connectivity index (χ0) is 15.9. The predicted molar refractivity (Wildman–Crippen MR) is 90.5 cm³/mol. The number of nitrogens with one attached hydrogen (secondary N) is 1. The first kappa shape index (κ1) is 17.8. The number of benzene rings is 1. The van der Waals surface area contributed by atoms with Gasteiger partial charge in [-0.3, -0.25) is 4.79 Å². The van der Waals surface area contributed by atoms with E-state index in [-0.39, 0.29) is 11.7 Å². The predicted octanol–water partition coefficient (Wildman–Crippen LogP) is 2.07. The molecule has 1 rings (SSSR count). The first-order valence-corrected chi connectivity index (χ1v) is 9.91. The van der Waals surface area contributed by atoms with Gasteiger partial charge < -0.3 is 11.1 Å². The standard InChI is InChI=1S/C14H22N2O3S2/c1-11-10-12(15)5-6-13(11)16-14(17)4-3-7-20-8-9-21(2,18)19/h5-6,10H,3-4,7-9,15H2,1-2H3,(H,16,17). The fourth-order valence-electron chi connectivity index (χ4n) is 1.69. The lowest BCUT2D eigenvalue weighted by Gasteiger charge is -2.09. The molecule has 5 nitrogen and oxygen atoms in total. The lowest BCUT2D eigenvalue weighted by atomic mass is 10.1. The maximum Gasteiger partial charge on any atom is 0.224 e. The summed E-state index contributed by atoms with van der Waals surface area (Å²) in [6.45, 7) is 1.90. The fourth-order valence-corrected chi connectivity index (χ4v) is 3.92. The van der Waals surface area contributed by atoms with Crippen molar-refractivity contribution in [2.45, 2.75) is 19.8 Å². The van der Waals surface area contributed by atoms with Gasteiger partial charge in [0.05, 0.1) is 5.75 Å². The van der Waals surface area contributed by atoms with Crippen molar-refractivity contribution in [2.24, 2.45) is 0 Å². The van der Waals surface area contributed by atoms with E-state index in [1.807, 2.05) is 13.0 Å². The summed E-state index contributed by atoms with van der Waals surface area (Å²) in [4.78, 5) is 11.8. The maximum absolute atomic E-state index is 11.8. The number of hydrogen-bond acceptors (Lipinski definition) is 5. The summed E-state index contributed by atoms with van der Waals surface area (Å²) in [5.41, 5.74) is 8.04. The molecule has 0 spiro atoms. The molecule has 118 valence electrons. The van der Waals surface area contributed by atoms with Crippen LogP contribution in [0.15, 0.2) is 18.2 Å². The molecule has 0 aliphatic rings. The lowest BCUT2D eigenvalue weighted by Crippen LogP contribution is -2.12. The van der Waals surface area contributed by atoms with Crippen molar-refractivity contribution in [3.8, 4) is 0 Å². The van der Waals surface area contributed by atoms with Crippen molar-refractivity contribution in [1.29, 1.82) is 0 Å². The summed E-state index contributed by atoms with van der Waals surface area (Å²) < 4.78 is 21.9. The molecule has 0 heterocycles. The van der Waals surface area contributed by atoms with Gasteiger partial charge in [-0.25, -0.2) is 8.42 Å². The molecule has 1 aromatic rings. The number of rotatable bonds is 8. The molecule has 0 aliphatic carbocycles. The summed E-state index contributed by atoms with van der Waals surface area (Å²) in [5.74, 6) is 1.52. The van der Waals surface area contributed by atoms with Crippen LogP contribution < -0.4 is 11.1 Å². The quantitative estimate of drug-likeness (QED) is 0.562. The number of thioether (sulfide) groups is 1. The molecule has 1 aromatic carbocycles. The molecule has 3 N–H and O–H groups in total. The van der Waals surface area contributed by atoms with Crippen LogP contribution in [-0.4, -0.2) is 37.8 Å². The van der Waals surface area contributed by atoms with Gasteiger partial charge in [-0.15, -0.1) is 0 Å². The zero-order valence-electron chi connectivity index (χ0n) is 12.4. The Kier molecular flexibility index (Phi) is 7.04. The van der Waals surface area contributed by atoms with Gasteiger partial charge in [0.25, 0.3) is 0 Å². The third kappa shape index (κ3) is 7.96. The van der Waals surface area contributed by atoms with Crippen LogP contribution in [-0.2, 0) is 14.6 Å². The molecule has 0 bridgehead atoms. The Balaban J connectivity index is 2.22. The molecule has 1 amide bonds. The first-order chi connectivity index (χ1) is 9.78. The van der Waals surface area contributed by atoms with Crippen LogP contribution in [0.25, 0.3) is 0 Å². The molecule has 0 saturated carbocycles. The number of amides is 1. The van der Waals surface area contributed by atoms with E-state index in [4.69, 9.17) is 5.73 Å². The van der Waals surface area contributed by atoms with Crippen LogP contribution in [0.3, 0.4) is 0 Å². The Hall–Kier alpha value is -1.21. The highest BCUT2D eigenvalue weighted by Crippen LogP contribution is 2.18. The second-order valence-corrected chi connectivity index (χ2v) is 8.45. The Morgan fingerprint density at radius 2 is 2.05 bits per heavy atom. The van der Waals surface area contributed by atoms with Gasteiger partial charge in [0.15, 0.2) is 0 Å². The van der Waals surface area contributed by atoms with Crippen LogP contribution in [0, 0.1) is 6.92 Å². The number of aryl methyl sites for hydroxylation is 1. The molecule has 7 heteroatoms. The number of anilines is 2. The van der Waals surface area contributed by atoms with Gasteiger partial charge in [0, 0.05) is 29.8 Å². The number of nitrogens with two attached hydrogens (primary N) is 1. The van der Waals surface area contributed by atoms with Crippen LogP contribution in [0.1, 0.15) is 18.4 Å². The smallest absolute Gasteiger partial charge is 0.224 e. The minimum Gasteiger partial charge on any atom is -0.399 e. The number of sulfone groups is 1. The summed E-state index contributed by atoms with van der Waals surface area (Å²) in [6, 6.07) is 5.36. The number of nitrogen functional groups attached to an aromatic ring is 1. The molecule has 0 atom stereocenters. The zero-order valence-corrected chi connectivity index (χ0v) is 14.0. The van der Waals surface area contributed by atoms with Gasteiger partial charge in [-0.2, -0.15) is 11.8 Å². The molecule has 0 saturated heterocycles. The van der Waals surface area contributed by atoms with Crippen molar-refractivity contribution >= 4 is 38.9 Å². The Labute approximate surface area is 130 Å². The third-order valence-electron chi connectivity index (χ3n) is 2.82. The second-order valence-electron chi connectivity index (χ2n) is 4.97. The molecule has 0 fully saturated rings. The minimum atomic E-state index is -2.89. The Bertz CT molecular complexity index is 586. The van der Waals surface area contributed by atoms with Gasteiger partial charge in [-0.05, 0) is 42.9 Å². The van der Waals surface area contributed by atoms with Gasteiger partial charge in [-0.1, -0.05) is 0 Å². The van der Waals surface area contributed by atoms with Crippen molar-refractivity contribution in [3.05, 3.63) is 23.8 Å². The van der Waals surface area contributed by atoms with Gasteiger partial charge >= 0.3 is 0 Å². The van der Waals surface area contributed by atoms with E-state index in [9.17, 15) is 13.2 Å². The van der Waals surface area contributed by atoms with Crippen molar-refractivity contribution in [2.75, 3.05) is 34.6 Å². The van der Waals surface area contributed by atoms with Crippen molar-refractivity contribution < 1.29 is 13.2 Å². The van der Waals surface area contributed by atoms with E-state index >= 15 is 0 Å². The van der Waals surface area contributed by atoms with E-state index in [1.54, 1.807) is 23.9 Å². The minimum absolute atomic E-state index is 0.0356. The summed E-state index contributed by atoms with van der Waals surface area (Å²) in [6.07, 6.45) is 2.39. The van der Waals surface area contributed by atoms with E-state index in [1.165, 1.54) is 6.26 Å². The molecular weight excluding hydrogens is 308 g/mol. The number of carbonyl (C=O) groups excluding carboxylic acids is 1. The number of hydrogen-bond donors (Lipinski definition) is 2. The third-order valence-corrected chi connectivity index (χ3v) is 5.09. The van der Waals surface area contributed by atoms with Gasteiger partial charge in [0.1, 0.15) is 9.84 Å². The second kappa shape index (κ2) is 8.29. The Morgan fingerprint density at radius 3 is 2.67 bits per heavy atom. The highest BCUT2D eigenvalue weighted by molar-refractivity contribution is 8.00. The highest BCUT2D eigenvalue weighted by atomic mass is 32.2. The largest absolute Gasteiger partial charge is 0.399 e. The number of carbonyl (C=O) groups is 1. The SMILES string of the molecule is Cc1cc(N)ccc1NC(=O)CCCSCCS(C)(=O)=O. The molecular formula is C14H22N2O3S2. The first-order valence-electron chi connectivity index (χ1n) is 6.69. The van der Waals surface area contributed by atoms with E-state index in [0.717, 1.165) is 23.4 Å². The van der Waals surface area contributed by atoms with Crippen molar-refractivity contribution in [3.63, 3.8) is 0 Å². The van der Waals surface area contributed by atoms with E-state index in [2.05, 4.69) is 5.32 Å². The van der Waals surface area contributed by atoms with Gasteiger partial charge in [0.2, 0.25) is 5.91 Å². The normalized spacial score (nSPS) is 11.3. The summed E-state index contributed by atoms with van der Waals surface area (Å²) in [5, 5.41) is 2.85. The topological polar surface area (TPSA) is 89.3 Å². The molecule has 0 aromatic heterocycles. The molecule has 0 aliphatic heterocycles. The highest BCUT2D eigenvalue weighted by Gasteiger charge is 2.06. The van der Waals surface area contributed by atoms with E-state index in [0.29, 0.717) is 17.9 Å². The Morgan fingerprint density at radius 1 is 1.33 bits per heavy atom. The molecule has 21 heavy (non-hydrogen) atoms. The lowest BCUT2D eigenvalue weighted by molar-refractivity contribution is -0.116. The monoisotopic (exact) mass is 330 g/mol. The molecule has 0 unspecified atom stereocenters. The van der Waals surface area contributed by atoms with Crippen LogP contribution in [0.5, 0.6) is 0 Å². The average molecular weight is 330 g/mol. The van der Waals surface area contributed by atoms with Crippen LogP contribution in [0.2, 0.25) is 0 Å². The molecule has 0 radical (unpaired) electrons. The summed E-state index contributed by atoms with van der Waals surface area (Å²) in [7, 11) is -2.89.